The Balaban J connectivity index is 5.07. The van der Waals surface area contributed by atoms with E-state index in [0.717, 1.165) is 6.42 Å². The predicted molar refractivity (Wildman–Crippen MR) is 67.9 cm³/mol. The van der Waals surface area contributed by atoms with E-state index in [4.69, 9.17) is 18.9 Å². The van der Waals surface area contributed by atoms with Crippen LogP contribution in [-0.2, 0) is 18.9 Å². The van der Waals surface area contributed by atoms with Crippen molar-refractivity contribution in [2.75, 3.05) is 20.3 Å². The van der Waals surface area contributed by atoms with Crippen molar-refractivity contribution in [1.29, 1.82) is 0 Å². The molecule has 0 aromatic heterocycles. The summed E-state index contributed by atoms with van der Waals surface area (Å²) in [7, 11) is 1.63. The molecule has 0 radical (unpaired) electrons. The van der Waals surface area contributed by atoms with E-state index < -0.39 is 11.6 Å². The molecular formula is C13H28O4. The van der Waals surface area contributed by atoms with E-state index in [9.17, 15) is 0 Å². The molecule has 0 heterocycles. The lowest BCUT2D eigenvalue weighted by Crippen LogP contribution is -2.58. The Bertz CT molecular complexity index is 204. The van der Waals surface area contributed by atoms with Gasteiger partial charge in [-0.25, -0.2) is 0 Å². The van der Waals surface area contributed by atoms with Crippen molar-refractivity contribution in [3.8, 4) is 0 Å². The van der Waals surface area contributed by atoms with Gasteiger partial charge < -0.3 is 18.9 Å². The van der Waals surface area contributed by atoms with Gasteiger partial charge in [0.15, 0.2) is 0 Å². The third kappa shape index (κ3) is 4.54. The van der Waals surface area contributed by atoms with Crippen LogP contribution in [0.4, 0.5) is 0 Å². The highest BCUT2D eigenvalue weighted by Gasteiger charge is 2.50. The van der Waals surface area contributed by atoms with Gasteiger partial charge in [-0.1, -0.05) is 6.92 Å². The van der Waals surface area contributed by atoms with Gasteiger partial charge in [-0.15, -0.1) is 0 Å². The zero-order valence-electron chi connectivity index (χ0n) is 12.3. The molecule has 0 amide bonds. The molecule has 17 heavy (non-hydrogen) atoms. The fraction of sp³-hybridized carbons (Fsp3) is 1.00. The molecule has 0 spiro atoms. The second kappa shape index (κ2) is 7.31. The zero-order chi connectivity index (χ0) is 13.5. The largest absolute Gasteiger partial charge is 0.370 e. The van der Waals surface area contributed by atoms with Crippen LogP contribution in [0, 0.1) is 0 Å². The van der Waals surface area contributed by atoms with Crippen LogP contribution in [0.25, 0.3) is 0 Å². The standard InChI is InChI=1S/C13H28O4/c1-8-10-16-13(15-9-2,17-11(3)4)12(5,6)14-7/h11H,8-10H2,1-7H3. The smallest absolute Gasteiger partial charge is 0.313 e. The highest BCUT2D eigenvalue weighted by molar-refractivity contribution is 4.82. The van der Waals surface area contributed by atoms with Gasteiger partial charge >= 0.3 is 5.97 Å². The van der Waals surface area contributed by atoms with Crippen LogP contribution in [0.1, 0.15) is 48.0 Å². The van der Waals surface area contributed by atoms with E-state index in [1.54, 1.807) is 7.11 Å². The van der Waals surface area contributed by atoms with Crippen molar-refractivity contribution in [3.05, 3.63) is 0 Å². The first-order chi connectivity index (χ1) is 7.85. The molecule has 0 N–H and O–H groups in total. The van der Waals surface area contributed by atoms with Crippen LogP contribution in [0.3, 0.4) is 0 Å². The van der Waals surface area contributed by atoms with Gasteiger partial charge in [-0.3, -0.25) is 0 Å². The van der Waals surface area contributed by atoms with E-state index in [1.807, 2.05) is 41.5 Å². The summed E-state index contributed by atoms with van der Waals surface area (Å²) in [6, 6.07) is 0. The predicted octanol–water partition coefficient (Wildman–Crippen LogP) is 2.95. The van der Waals surface area contributed by atoms with E-state index in [0.29, 0.717) is 13.2 Å². The van der Waals surface area contributed by atoms with Crippen molar-refractivity contribution in [3.63, 3.8) is 0 Å². The van der Waals surface area contributed by atoms with Crippen LogP contribution in [0.2, 0.25) is 0 Å². The van der Waals surface area contributed by atoms with Gasteiger partial charge in [0.25, 0.3) is 0 Å². The van der Waals surface area contributed by atoms with E-state index in [2.05, 4.69) is 0 Å². The molecule has 0 aliphatic carbocycles. The first-order valence-corrected chi connectivity index (χ1v) is 6.36. The first kappa shape index (κ1) is 16.8. The Morgan fingerprint density at radius 1 is 1.06 bits per heavy atom. The molecule has 0 aliphatic heterocycles. The maximum Gasteiger partial charge on any atom is 0.313 e. The quantitative estimate of drug-likeness (QED) is 0.588. The minimum Gasteiger partial charge on any atom is -0.370 e. The summed E-state index contributed by atoms with van der Waals surface area (Å²) in [5, 5.41) is 0. The highest BCUT2D eigenvalue weighted by Crippen LogP contribution is 2.33. The van der Waals surface area contributed by atoms with Gasteiger partial charge in [0, 0.05) is 13.7 Å². The van der Waals surface area contributed by atoms with Crippen molar-refractivity contribution in [2.24, 2.45) is 0 Å². The lowest BCUT2D eigenvalue weighted by atomic mass is 10.1. The maximum absolute atomic E-state index is 5.87. The summed E-state index contributed by atoms with van der Waals surface area (Å²) in [6.45, 7) is 12.7. The van der Waals surface area contributed by atoms with E-state index in [-0.39, 0.29) is 6.10 Å². The van der Waals surface area contributed by atoms with Crippen molar-refractivity contribution >= 4 is 0 Å². The Hall–Kier alpha value is -0.160. The number of ether oxygens (including phenoxy) is 4. The minimum absolute atomic E-state index is 0.00664. The molecule has 0 bridgehead atoms. The van der Waals surface area contributed by atoms with Crippen LogP contribution in [0.5, 0.6) is 0 Å². The summed E-state index contributed by atoms with van der Waals surface area (Å²) in [4.78, 5) is 0. The fourth-order valence-corrected chi connectivity index (χ4v) is 1.46. The second-order valence-electron chi connectivity index (χ2n) is 4.72. The van der Waals surface area contributed by atoms with E-state index >= 15 is 0 Å². The van der Waals surface area contributed by atoms with Crippen LogP contribution < -0.4 is 0 Å². The molecule has 104 valence electrons. The fourth-order valence-electron chi connectivity index (χ4n) is 1.46. The minimum atomic E-state index is -1.15. The summed E-state index contributed by atoms with van der Waals surface area (Å²) < 4.78 is 22.9. The maximum atomic E-state index is 5.87. The average molecular weight is 248 g/mol. The molecule has 0 aromatic rings. The van der Waals surface area contributed by atoms with E-state index in [1.165, 1.54) is 0 Å². The Morgan fingerprint density at radius 3 is 2.00 bits per heavy atom. The third-order valence-electron chi connectivity index (χ3n) is 2.47. The lowest BCUT2D eigenvalue weighted by molar-refractivity contribution is -0.445. The molecule has 0 rings (SSSR count). The monoisotopic (exact) mass is 248 g/mol. The molecule has 0 aromatic carbocycles. The molecule has 1 atom stereocenters. The molecule has 0 aliphatic rings. The van der Waals surface area contributed by atoms with Gasteiger partial charge in [-0.05, 0) is 41.0 Å². The van der Waals surface area contributed by atoms with Crippen molar-refractivity contribution in [2.45, 2.75) is 65.6 Å². The summed E-state index contributed by atoms with van der Waals surface area (Å²) in [6.07, 6.45) is 0.892. The normalized spacial score (nSPS) is 16.2. The van der Waals surface area contributed by atoms with Crippen LogP contribution >= 0.6 is 0 Å². The van der Waals surface area contributed by atoms with Crippen LogP contribution in [0.15, 0.2) is 0 Å². The van der Waals surface area contributed by atoms with Gasteiger partial charge in [0.2, 0.25) is 0 Å². The zero-order valence-corrected chi connectivity index (χ0v) is 12.3. The number of hydrogen-bond donors (Lipinski definition) is 0. The molecule has 0 saturated carbocycles. The number of hydrogen-bond acceptors (Lipinski definition) is 4. The first-order valence-electron chi connectivity index (χ1n) is 6.36. The second-order valence-corrected chi connectivity index (χ2v) is 4.72. The SMILES string of the molecule is CCCOC(OCC)(OC(C)C)C(C)(C)OC. The van der Waals surface area contributed by atoms with Gasteiger partial charge in [-0.2, -0.15) is 0 Å². The van der Waals surface area contributed by atoms with Crippen LogP contribution in [-0.4, -0.2) is 38.0 Å². The van der Waals surface area contributed by atoms with Gasteiger partial charge in [0.05, 0.1) is 12.7 Å². The number of methoxy groups -OCH3 is 1. The summed E-state index contributed by atoms with van der Waals surface area (Å²) in [5.74, 6) is -1.15. The molecule has 4 nitrogen and oxygen atoms in total. The molecular weight excluding hydrogens is 220 g/mol. The Kier molecular flexibility index (Phi) is 7.24. The molecule has 0 fully saturated rings. The Labute approximate surface area is 106 Å². The van der Waals surface area contributed by atoms with Gasteiger partial charge in [0.1, 0.15) is 5.60 Å². The summed E-state index contributed by atoms with van der Waals surface area (Å²) in [5.41, 5.74) is -0.678. The number of rotatable bonds is 9. The topological polar surface area (TPSA) is 36.9 Å². The molecule has 0 saturated heterocycles. The molecule has 4 heteroatoms. The third-order valence-corrected chi connectivity index (χ3v) is 2.47. The average Bonchev–Trinajstić information content (AvgIpc) is 2.25. The molecule has 1 unspecified atom stereocenters. The van der Waals surface area contributed by atoms with Crippen molar-refractivity contribution in [1.82, 2.24) is 0 Å². The Morgan fingerprint density at radius 2 is 1.65 bits per heavy atom. The summed E-state index contributed by atoms with van der Waals surface area (Å²) >= 11 is 0. The lowest BCUT2D eigenvalue weighted by Gasteiger charge is -2.44. The van der Waals surface area contributed by atoms with Crippen molar-refractivity contribution < 1.29 is 18.9 Å². The highest BCUT2D eigenvalue weighted by atomic mass is 16.9.